The van der Waals surface area contributed by atoms with Gasteiger partial charge in [0, 0.05) is 16.7 Å². The van der Waals surface area contributed by atoms with Crippen LogP contribution in [0.4, 0.5) is 0 Å². The summed E-state index contributed by atoms with van der Waals surface area (Å²) in [7, 11) is 0. The Morgan fingerprint density at radius 3 is 2.00 bits per heavy atom. The monoisotopic (exact) mass is 406 g/mol. The lowest BCUT2D eigenvalue weighted by atomic mass is 10.0. The average Bonchev–Trinajstić information content (AvgIpc) is 3.01. The molecular weight excluding hydrogens is 387 g/mol. The summed E-state index contributed by atoms with van der Waals surface area (Å²) < 4.78 is 1.96. The third-order valence-electron chi connectivity index (χ3n) is 4.85. The van der Waals surface area contributed by atoms with E-state index in [1.54, 1.807) is 0 Å². The lowest BCUT2D eigenvalue weighted by Crippen LogP contribution is -2.00. The standard InChI is InChI=1S/C24H20Cl2N2/c1-15-6-4-8-18(12-15)23-17(3)24(19-9-5-7-16(2)13-19)28(27-23)20-10-11-21(25)22(26)14-20/h4-14H,1-3H3. The van der Waals surface area contributed by atoms with E-state index in [4.69, 9.17) is 28.3 Å². The fourth-order valence-corrected chi connectivity index (χ4v) is 3.79. The number of nitrogens with zero attached hydrogens (tertiary/aromatic N) is 2. The van der Waals surface area contributed by atoms with Gasteiger partial charge in [0.1, 0.15) is 0 Å². The van der Waals surface area contributed by atoms with Crippen molar-refractivity contribution in [1.82, 2.24) is 9.78 Å². The van der Waals surface area contributed by atoms with Gasteiger partial charge in [0.25, 0.3) is 0 Å². The molecule has 4 aromatic rings. The number of benzene rings is 3. The Morgan fingerprint density at radius 1 is 0.714 bits per heavy atom. The molecule has 140 valence electrons. The van der Waals surface area contributed by atoms with Crippen LogP contribution in [0.1, 0.15) is 16.7 Å². The smallest absolute Gasteiger partial charge is 0.0963 e. The zero-order valence-electron chi connectivity index (χ0n) is 16.0. The predicted molar refractivity (Wildman–Crippen MR) is 119 cm³/mol. The Hall–Kier alpha value is -2.55. The summed E-state index contributed by atoms with van der Waals surface area (Å²) in [5.41, 5.74) is 8.66. The van der Waals surface area contributed by atoms with Crippen LogP contribution in [0.5, 0.6) is 0 Å². The molecular formula is C24H20Cl2N2. The van der Waals surface area contributed by atoms with Crippen molar-refractivity contribution in [3.8, 4) is 28.2 Å². The minimum absolute atomic E-state index is 0.514. The molecule has 0 radical (unpaired) electrons. The Kier molecular flexibility index (Phi) is 5.01. The minimum atomic E-state index is 0.514. The number of aromatic nitrogens is 2. The van der Waals surface area contributed by atoms with Crippen LogP contribution >= 0.6 is 23.2 Å². The van der Waals surface area contributed by atoms with Gasteiger partial charge in [0.05, 0.1) is 27.1 Å². The SMILES string of the molecule is Cc1cccc(-c2nn(-c3ccc(Cl)c(Cl)c3)c(-c3cccc(C)c3)c2C)c1. The maximum Gasteiger partial charge on any atom is 0.0963 e. The van der Waals surface area contributed by atoms with Gasteiger partial charge in [-0.3, -0.25) is 0 Å². The first-order valence-electron chi connectivity index (χ1n) is 9.13. The summed E-state index contributed by atoms with van der Waals surface area (Å²) in [4.78, 5) is 0. The molecule has 1 heterocycles. The van der Waals surface area contributed by atoms with E-state index >= 15 is 0 Å². The van der Waals surface area contributed by atoms with Crippen molar-refractivity contribution in [3.05, 3.63) is 93.5 Å². The number of hydrogen-bond donors (Lipinski definition) is 0. The topological polar surface area (TPSA) is 17.8 Å². The lowest BCUT2D eigenvalue weighted by Gasteiger charge is -2.10. The van der Waals surface area contributed by atoms with Crippen molar-refractivity contribution in [2.24, 2.45) is 0 Å². The molecule has 3 aromatic carbocycles. The van der Waals surface area contributed by atoms with Gasteiger partial charge in [0.15, 0.2) is 0 Å². The first-order valence-corrected chi connectivity index (χ1v) is 9.89. The Labute approximate surface area is 175 Å². The van der Waals surface area contributed by atoms with Crippen molar-refractivity contribution in [3.63, 3.8) is 0 Å². The highest BCUT2D eigenvalue weighted by molar-refractivity contribution is 6.42. The van der Waals surface area contributed by atoms with Gasteiger partial charge < -0.3 is 0 Å². The molecule has 4 rings (SSSR count). The molecule has 0 N–H and O–H groups in total. The molecule has 28 heavy (non-hydrogen) atoms. The molecule has 0 saturated carbocycles. The normalized spacial score (nSPS) is 11.0. The van der Waals surface area contributed by atoms with E-state index < -0.39 is 0 Å². The van der Waals surface area contributed by atoms with Crippen LogP contribution < -0.4 is 0 Å². The zero-order chi connectivity index (χ0) is 19.8. The fourth-order valence-electron chi connectivity index (χ4n) is 3.50. The number of hydrogen-bond acceptors (Lipinski definition) is 1. The molecule has 0 unspecified atom stereocenters. The van der Waals surface area contributed by atoms with Gasteiger partial charge in [0.2, 0.25) is 0 Å². The summed E-state index contributed by atoms with van der Waals surface area (Å²) in [5.74, 6) is 0. The van der Waals surface area contributed by atoms with Crippen LogP contribution in [0.25, 0.3) is 28.2 Å². The highest BCUT2D eigenvalue weighted by Crippen LogP contribution is 2.35. The fraction of sp³-hybridized carbons (Fsp3) is 0.125. The Bertz CT molecular complexity index is 1180. The summed E-state index contributed by atoms with van der Waals surface area (Å²) in [6, 6.07) is 22.5. The van der Waals surface area contributed by atoms with E-state index in [0.29, 0.717) is 10.0 Å². The summed E-state index contributed by atoms with van der Waals surface area (Å²) in [5, 5.41) is 6.03. The Morgan fingerprint density at radius 2 is 1.36 bits per heavy atom. The number of rotatable bonds is 3. The summed E-state index contributed by atoms with van der Waals surface area (Å²) in [6.07, 6.45) is 0. The van der Waals surface area contributed by atoms with E-state index in [1.165, 1.54) is 11.1 Å². The zero-order valence-corrected chi connectivity index (χ0v) is 17.5. The molecule has 0 aliphatic carbocycles. The van der Waals surface area contributed by atoms with Crippen molar-refractivity contribution < 1.29 is 0 Å². The van der Waals surface area contributed by atoms with Gasteiger partial charge in [-0.05, 0) is 51.1 Å². The van der Waals surface area contributed by atoms with Crippen molar-refractivity contribution in [2.75, 3.05) is 0 Å². The van der Waals surface area contributed by atoms with E-state index in [-0.39, 0.29) is 0 Å². The van der Waals surface area contributed by atoms with E-state index in [0.717, 1.165) is 33.8 Å². The predicted octanol–water partition coefficient (Wildman–Crippen LogP) is 7.44. The molecule has 0 atom stereocenters. The second-order valence-electron chi connectivity index (χ2n) is 7.07. The van der Waals surface area contributed by atoms with E-state index in [1.807, 2.05) is 22.9 Å². The second-order valence-corrected chi connectivity index (χ2v) is 7.89. The van der Waals surface area contributed by atoms with Crippen LogP contribution in [0, 0.1) is 20.8 Å². The van der Waals surface area contributed by atoms with Crippen molar-refractivity contribution >= 4 is 23.2 Å². The summed E-state index contributed by atoms with van der Waals surface area (Å²) >= 11 is 12.4. The van der Waals surface area contributed by atoms with Gasteiger partial charge in [-0.25, -0.2) is 4.68 Å². The molecule has 0 bridgehead atoms. The van der Waals surface area contributed by atoms with Crippen LogP contribution in [-0.4, -0.2) is 9.78 Å². The molecule has 0 saturated heterocycles. The molecule has 0 aliphatic rings. The van der Waals surface area contributed by atoms with Crippen LogP contribution in [0.3, 0.4) is 0 Å². The van der Waals surface area contributed by atoms with Crippen LogP contribution in [-0.2, 0) is 0 Å². The van der Waals surface area contributed by atoms with E-state index in [2.05, 4.69) is 69.3 Å². The molecule has 1 aromatic heterocycles. The molecule has 2 nitrogen and oxygen atoms in total. The van der Waals surface area contributed by atoms with Crippen LogP contribution in [0.2, 0.25) is 10.0 Å². The maximum atomic E-state index is 6.30. The summed E-state index contributed by atoms with van der Waals surface area (Å²) in [6.45, 7) is 6.31. The number of aryl methyl sites for hydroxylation is 2. The molecule has 4 heteroatoms. The molecule has 0 fully saturated rings. The highest BCUT2D eigenvalue weighted by atomic mass is 35.5. The molecule has 0 aliphatic heterocycles. The average molecular weight is 407 g/mol. The first kappa shape index (κ1) is 18.8. The Balaban J connectivity index is 2.00. The van der Waals surface area contributed by atoms with Gasteiger partial charge in [-0.2, -0.15) is 5.10 Å². The second kappa shape index (κ2) is 7.46. The van der Waals surface area contributed by atoms with Gasteiger partial charge in [-0.15, -0.1) is 0 Å². The largest absolute Gasteiger partial charge is 0.232 e. The van der Waals surface area contributed by atoms with Crippen molar-refractivity contribution in [2.45, 2.75) is 20.8 Å². The molecule has 0 amide bonds. The number of halogens is 2. The quantitative estimate of drug-likeness (QED) is 0.345. The highest BCUT2D eigenvalue weighted by Gasteiger charge is 2.19. The maximum absolute atomic E-state index is 6.30. The first-order chi connectivity index (χ1) is 13.4. The van der Waals surface area contributed by atoms with Gasteiger partial charge in [-0.1, -0.05) is 70.7 Å². The minimum Gasteiger partial charge on any atom is -0.232 e. The third kappa shape index (κ3) is 3.46. The van der Waals surface area contributed by atoms with Gasteiger partial charge >= 0.3 is 0 Å². The lowest BCUT2D eigenvalue weighted by molar-refractivity contribution is 0.891. The van der Waals surface area contributed by atoms with E-state index in [9.17, 15) is 0 Å². The third-order valence-corrected chi connectivity index (χ3v) is 5.59. The van der Waals surface area contributed by atoms with Crippen LogP contribution in [0.15, 0.2) is 66.7 Å². The van der Waals surface area contributed by atoms with Crippen molar-refractivity contribution in [1.29, 1.82) is 0 Å². The molecule has 0 spiro atoms.